The minimum atomic E-state index is -0.404. The lowest BCUT2D eigenvalue weighted by Crippen LogP contribution is -2.03. The second-order valence-electron chi connectivity index (χ2n) is 4.56. The molecule has 106 valence electrons. The highest BCUT2D eigenvalue weighted by molar-refractivity contribution is 5.45. The first-order valence-electron chi connectivity index (χ1n) is 6.45. The quantitative estimate of drug-likeness (QED) is 0.909. The minimum absolute atomic E-state index is 0.174. The van der Waals surface area contributed by atoms with Gasteiger partial charge in [0.15, 0.2) is 23.1 Å². The van der Waals surface area contributed by atoms with Crippen molar-refractivity contribution in [3.05, 3.63) is 53.3 Å². The van der Waals surface area contributed by atoms with Crippen molar-refractivity contribution in [3.63, 3.8) is 0 Å². The normalized spacial score (nSPS) is 10.4. The van der Waals surface area contributed by atoms with Crippen LogP contribution in [-0.2, 0) is 6.42 Å². The van der Waals surface area contributed by atoms with Crippen LogP contribution in [0, 0.1) is 12.7 Å². The first-order chi connectivity index (χ1) is 9.63. The Morgan fingerprint density at radius 3 is 2.45 bits per heavy atom. The Bertz CT molecular complexity index is 599. The number of nitrogens with two attached hydrogens (primary N) is 1. The highest BCUT2D eigenvalue weighted by Gasteiger charge is 2.10. The number of ether oxygens (including phenoxy) is 2. The maximum atomic E-state index is 14.0. The van der Waals surface area contributed by atoms with Crippen LogP contribution >= 0.6 is 0 Å². The molecule has 4 heteroatoms. The summed E-state index contributed by atoms with van der Waals surface area (Å²) in [4.78, 5) is 0. The average molecular weight is 275 g/mol. The van der Waals surface area contributed by atoms with Crippen LogP contribution in [0.25, 0.3) is 0 Å². The molecule has 2 aromatic carbocycles. The highest BCUT2D eigenvalue weighted by atomic mass is 19.1. The molecule has 3 nitrogen and oxygen atoms in total. The predicted molar refractivity (Wildman–Crippen MR) is 77.0 cm³/mol. The fraction of sp³-hybridized carbons (Fsp3) is 0.250. The third kappa shape index (κ3) is 3.27. The Hall–Kier alpha value is -2.07. The first-order valence-corrected chi connectivity index (χ1v) is 6.45. The molecule has 0 saturated heterocycles. The fourth-order valence-corrected chi connectivity index (χ4v) is 1.93. The summed E-state index contributed by atoms with van der Waals surface area (Å²) in [7, 11) is 1.56. The zero-order valence-electron chi connectivity index (χ0n) is 11.7. The lowest BCUT2D eigenvalue weighted by molar-refractivity contribution is 0.370. The average Bonchev–Trinajstić information content (AvgIpc) is 2.43. The molecule has 0 aliphatic rings. The molecule has 0 radical (unpaired) electrons. The van der Waals surface area contributed by atoms with Crippen molar-refractivity contribution in [2.24, 2.45) is 5.73 Å². The molecular formula is C16H18FNO2. The summed E-state index contributed by atoms with van der Waals surface area (Å²) in [6.45, 7) is 2.44. The van der Waals surface area contributed by atoms with Crippen LogP contribution in [0.1, 0.15) is 11.1 Å². The molecule has 2 rings (SSSR count). The second-order valence-corrected chi connectivity index (χ2v) is 4.56. The molecule has 0 atom stereocenters. The maximum Gasteiger partial charge on any atom is 0.169 e. The summed E-state index contributed by atoms with van der Waals surface area (Å²) < 4.78 is 24.8. The third-order valence-electron chi connectivity index (χ3n) is 2.97. The molecule has 0 fully saturated rings. The van der Waals surface area contributed by atoms with Crippen molar-refractivity contribution in [2.45, 2.75) is 13.3 Å². The van der Waals surface area contributed by atoms with E-state index < -0.39 is 5.82 Å². The van der Waals surface area contributed by atoms with Crippen LogP contribution in [0.5, 0.6) is 17.2 Å². The summed E-state index contributed by atoms with van der Waals surface area (Å²) >= 11 is 0. The molecule has 0 aromatic heterocycles. The van der Waals surface area contributed by atoms with E-state index >= 15 is 0 Å². The van der Waals surface area contributed by atoms with E-state index in [0.717, 1.165) is 11.1 Å². The standard InChI is InChI=1S/C16H18FNO2/c1-11-3-5-15(16(9-11)19-2)20-14-6-4-12(7-8-18)10-13(14)17/h3-6,9-10H,7-8,18H2,1-2H3. The monoisotopic (exact) mass is 275 g/mol. The van der Waals surface area contributed by atoms with Crippen LogP contribution in [0.15, 0.2) is 36.4 Å². The van der Waals surface area contributed by atoms with Gasteiger partial charge in [0.2, 0.25) is 0 Å². The van der Waals surface area contributed by atoms with E-state index in [4.69, 9.17) is 15.2 Å². The topological polar surface area (TPSA) is 44.5 Å². The van der Waals surface area contributed by atoms with Crippen LogP contribution in [0.4, 0.5) is 4.39 Å². The molecule has 20 heavy (non-hydrogen) atoms. The van der Waals surface area contributed by atoms with Crippen molar-refractivity contribution in [1.82, 2.24) is 0 Å². The zero-order chi connectivity index (χ0) is 14.5. The summed E-state index contributed by atoms with van der Waals surface area (Å²) in [5.41, 5.74) is 7.36. The number of rotatable bonds is 5. The summed E-state index contributed by atoms with van der Waals surface area (Å²) in [5.74, 6) is 0.838. The Morgan fingerprint density at radius 1 is 1.05 bits per heavy atom. The molecule has 0 aliphatic heterocycles. The lowest BCUT2D eigenvalue weighted by Gasteiger charge is -2.12. The molecular weight excluding hydrogens is 257 g/mol. The van der Waals surface area contributed by atoms with Gasteiger partial charge in [0.05, 0.1) is 7.11 Å². The summed E-state index contributed by atoms with van der Waals surface area (Å²) in [6, 6.07) is 10.4. The largest absolute Gasteiger partial charge is 0.493 e. The number of benzene rings is 2. The fourth-order valence-electron chi connectivity index (χ4n) is 1.93. The highest BCUT2D eigenvalue weighted by Crippen LogP contribution is 2.33. The Balaban J connectivity index is 2.26. The molecule has 0 heterocycles. The van der Waals surface area contributed by atoms with Crippen molar-refractivity contribution >= 4 is 0 Å². The van der Waals surface area contributed by atoms with Gasteiger partial charge in [0, 0.05) is 0 Å². The second kappa shape index (κ2) is 6.39. The number of methoxy groups -OCH3 is 1. The van der Waals surface area contributed by atoms with Gasteiger partial charge < -0.3 is 15.2 Å². The number of hydrogen-bond donors (Lipinski definition) is 1. The third-order valence-corrected chi connectivity index (χ3v) is 2.97. The van der Waals surface area contributed by atoms with E-state index in [2.05, 4.69) is 0 Å². The van der Waals surface area contributed by atoms with E-state index in [-0.39, 0.29) is 5.75 Å². The van der Waals surface area contributed by atoms with Crippen LogP contribution in [0.3, 0.4) is 0 Å². The molecule has 2 aromatic rings. The van der Waals surface area contributed by atoms with Gasteiger partial charge in [-0.1, -0.05) is 12.1 Å². The number of hydrogen-bond acceptors (Lipinski definition) is 3. The predicted octanol–water partition coefficient (Wildman–Crippen LogP) is 3.44. The maximum absolute atomic E-state index is 14.0. The minimum Gasteiger partial charge on any atom is -0.493 e. The van der Waals surface area contributed by atoms with E-state index in [1.807, 2.05) is 25.1 Å². The van der Waals surface area contributed by atoms with Gasteiger partial charge in [-0.05, 0) is 55.3 Å². The first kappa shape index (κ1) is 14.3. The van der Waals surface area contributed by atoms with Crippen molar-refractivity contribution in [2.75, 3.05) is 13.7 Å². The van der Waals surface area contributed by atoms with E-state index in [9.17, 15) is 4.39 Å². The van der Waals surface area contributed by atoms with Gasteiger partial charge in [0.25, 0.3) is 0 Å². The molecule has 0 spiro atoms. The Labute approximate surface area is 118 Å². The van der Waals surface area contributed by atoms with E-state index in [1.54, 1.807) is 19.2 Å². The van der Waals surface area contributed by atoms with Gasteiger partial charge in [0.1, 0.15) is 0 Å². The van der Waals surface area contributed by atoms with Gasteiger partial charge in [-0.25, -0.2) is 4.39 Å². The van der Waals surface area contributed by atoms with Crippen molar-refractivity contribution in [1.29, 1.82) is 0 Å². The zero-order valence-corrected chi connectivity index (χ0v) is 11.7. The molecule has 2 N–H and O–H groups in total. The van der Waals surface area contributed by atoms with E-state index in [0.29, 0.717) is 24.5 Å². The molecule has 0 bridgehead atoms. The number of halogens is 1. The molecule has 0 aliphatic carbocycles. The SMILES string of the molecule is COc1cc(C)ccc1Oc1ccc(CCN)cc1F. The molecule has 0 unspecified atom stereocenters. The van der Waals surface area contributed by atoms with Crippen LogP contribution in [0.2, 0.25) is 0 Å². The van der Waals surface area contributed by atoms with E-state index in [1.165, 1.54) is 6.07 Å². The van der Waals surface area contributed by atoms with Crippen LogP contribution < -0.4 is 15.2 Å². The Kier molecular flexibility index (Phi) is 4.58. The molecule has 0 saturated carbocycles. The van der Waals surface area contributed by atoms with Gasteiger partial charge in [-0.2, -0.15) is 0 Å². The van der Waals surface area contributed by atoms with Crippen molar-refractivity contribution < 1.29 is 13.9 Å². The lowest BCUT2D eigenvalue weighted by atomic mass is 10.1. The van der Waals surface area contributed by atoms with Gasteiger partial charge >= 0.3 is 0 Å². The molecule has 0 amide bonds. The van der Waals surface area contributed by atoms with Gasteiger partial charge in [-0.15, -0.1) is 0 Å². The van der Waals surface area contributed by atoms with Crippen LogP contribution in [-0.4, -0.2) is 13.7 Å². The summed E-state index contributed by atoms with van der Waals surface area (Å²) in [6.07, 6.45) is 0.644. The smallest absolute Gasteiger partial charge is 0.169 e. The summed E-state index contributed by atoms with van der Waals surface area (Å²) in [5, 5.41) is 0. The Morgan fingerprint density at radius 2 is 1.80 bits per heavy atom. The van der Waals surface area contributed by atoms with Gasteiger partial charge in [-0.3, -0.25) is 0 Å². The number of aryl methyl sites for hydroxylation is 1. The van der Waals surface area contributed by atoms with Crippen molar-refractivity contribution in [3.8, 4) is 17.2 Å².